The lowest BCUT2D eigenvalue weighted by atomic mass is 9.96. The maximum atomic E-state index is 13.1. The lowest BCUT2D eigenvalue weighted by Gasteiger charge is -2.45. The van der Waals surface area contributed by atoms with Crippen LogP contribution in [0.4, 0.5) is 5.69 Å². The predicted molar refractivity (Wildman–Crippen MR) is 128 cm³/mol. The SMILES string of the molecule is CCN(c1cc(Cl)cc(C(=O)NCc2c(C(C)C)cc(C)[nH]c2=O)c1C)C1CNC1C. The maximum Gasteiger partial charge on any atom is 0.253 e. The Morgan fingerprint density at radius 3 is 2.55 bits per heavy atom. The number of nitrogens with zero attached hydrogens (tertiary/aromatic N) is 1. The predicted octanol–water partition coefficient (Wildman–Crippen LogP) is 3.89. The van der Waals surface area contributed by atoms with Crippen LogP contribution in [-0.2, 0) is 6.54 Å². The number of carbonyl (C=O) groups is 1. The smallest absolute Gasteiger partial charge is 0.253 e. The van der Waals surface area contributed by atoms with Gasteiger partial charge in [-0.25, -0.2) is 0 Å². The Labute approximate surface area is 189 Å². The zero-order valence-electron chi connectivity index (χ0n) is 19.2. The van der Waals surface area contributed by atoms with Gasteiger partial charge in [0.25, 0.3) is 11.5 Å². The zero-order valence-corrected chi connectivity index (χ0v) is 20.0. The second kappa shape index (κ2) is 9.45. The standard InChI is InChI=1S/C24H33ClN4O2/c1-7-29(22-12-26-16(22)6)21-10-17(25)9-19(15(21)5)23(30)27-11-20-18(13(2)3)8-14(4)28-24(20)31/h8-10,13,16,22,26H,7,11-12H2,1-6H3,(H,27,30)(H,28,31). The molecule has 0 radical (unpaired) electrons. The lowest BCUT2D eigenvalue weighted by Crippen LogP contribution is -2.64. The van der Waals surface area contributed by atoms with E-state index >= 15 is 0 Å². The van der Waals surface area contributed by atoms with Gasteiger partial charge in [0.15, 0.2) is 0 Å². The molecule has 7 heteroatoms. The molecule has 3 rings (SSSR count). The number of hydrogen-bond donors (Lipinski definition) is 3. The van der Waals surface area contributed by atoms with Gasteiger partial charge in [-0.3, -0.25) is 9.59 Å². The van der Waals surface area contributed by atoms with Crippen LogP contribution in [-0.4, -0.2) is 36.1 Å². The van der Waals surface area contributed by atoms with E-state index in [2.05, 4.69) is 34.4 Å². The monoisotopic (exact) mass is 444 g/mol. The average Bonchev–Trinajstić information content (AvgIpc) is 2.70. The third-order valence-electron chi connectivity index (χ3n) is 6.22. The van der Waals surface area contributed by atoms with Crippen molar-refractivity contribution in [3.63, 3.8) is 0 Å². The summed E-state index contributed by atoms with van der Waals surface area (Å²) in [6.45, 7) is 14.1. The molecule has 0 aliphatic carbocycles. The highest BCUT2D eigenvalue weighted by Crippen LogP contribution is 2.31. The summed E-state index contributed by atoms with van der Waals surface area (Å²) in [5.74, 6) is -0.0460. The molecule has 1 aliphatic heterocycles. The van der Waals surface area contributed by atoms with E-state index in [9.17, 15) is 9.59 Å². The molecule has 31 heavy (non-hydrogen) atoms. The van der Waals surface area contributed by atoms with Crippen molar-refractivity contribution in [2.24, 2.45) is 0 Å². The van der Waals surface area contributed by atoms with Gasteiger partial charge in [-0.05, 0) is 62.9 Å². The van der Waals surface area contributed by atoms with Gasteiger partial charge in [0.1, 0.15) is 0 Å². The van der Waals surface area contributed by atoms with Crippen LogP contribution in [0.2, 0.25) is 5.02 Å². The molecule has 1 amide bonds. The maximum absolute atomic E-state index is 13.1. The van der Waals surface area contributed by atoms with Gasteiger partial charge in [-0.2, -0.15) is 0 Å². The van der Waals surface area contributed by atoms with E-state index < -0.39 is 0 Å². The number of benzene rings is 1. The minimum absolute atomic E-state index is 0.156. The Kier molecular flexibility index (Phi) is 7.12. The van der Waals surface area contributed by atoms with Gasteiger partial charge in [0.2, 0.25) is 0 Å². The van der Waals surface area contributed by atoms with Crippen molar-refractivity contribution in [3.8, 4) is 0 Å². The summed E-state index contributed by atoms with van der Waals surface area (Å²) in [7, 11) is 0. The molecule has 168 valence electrons. The van der Waals surface area contributed by atoms with Gasteiger partial charge in [-0.1, -0.05) is 25.4 Å². The first-order chi connectivity index (χ1) is 14.6. The average molecular weight is 445 g/mol. The first kappa shape index (κ1) is 23.4. The van der Waals surface area contributed by atoms with E-state index in [-0.39, 0.29) is 23.9 Å². The fraction of sp³-hybridized carbons (Fsp3) is 0.500. The van der Waals surface area contributed by atoms with Gasteiger partial charge in [0.05, 0.1) is 6.04 Å². The number of anilines is 1. The number of pyridine rings is 1. The first-order valence-electron chi connectivity index (χ1n) is 10.9. The lowest BCUT2D eigenvalue weighted by molar-refractivity contribution is 0.0950. The number of carbonyl (C=O) groups excluding carboxylic acids is 1. The van der Waals surface area contributed by atoms with E-state index in [0.29, 0.717) is 28.2 Å². The summed E-state index contributed by atoms with van der Waals surface area (Å²) in [6.07, 6.45) is 0. The first-order valence-corrected chi connectivity index (χ1v) is 11.3. The third-order valence-corrected chi connectivity index (χ3v) is 6.44. The van der Waals surface area contributed by atoms with Crippen LogP contribution in [0.25, 0.3) is 0 Å². The minimum Gasteiger partial charge on any atom is -0.366 e. The van der Waals surface area contributed by atoms with E-state index in [1.807, 2.05) is 39.8 Å². The van der Waals surface area contributed by atoms with Crippen LogP contribution in [0.3, 0.4) is 0 Å². The molecule has 2 atom stereocenters. The third kappa shape index (κ3) is 4.80. The molecule has 3 N–H and O–H groups in total. The number of rotatable bonds is 7. The quantitative estimate of drug-likeness (QED) is 0.605. The van der Waals surface area contributed by atoms with Gasteiger partial charge in [-0.15, -0.1) is 0 Å². The highest BCUT2D eigenvalue weighted by Gasteiger charge is 2.32. The van der Waals surface area contributed by atoms with Crippen molar-refractivity contribution < 1.29 is 4.79 Å². The molecule has 6 nitrogen and oxygen atoms in total. The van der Waals surface area contributed by atoms with Crippen LogP contribution in [0.1, 0.15) is 66.4 Å². The molecule has 0 saturated carbocycles. The number of halogens is 1. The Bertz CT molecular complexity index is 1030. The summed E-state index contributed by atoms with van der Waals surface area (Å²) in [6, 6.07) is 6.37. The number of H-pyrrole nitrogens is 1. The Balaban J connectivity index is 1.88. The van der Waals surface area contributed by atoms with Gasteiger partial charge < -0.3 is 20.5 Å². The van der Waals surface area contributed by atoms with Gasteiger partial charge in [0, 0.05) is 53.2 Å². The van der Waals surface area contributed by atoms with Crippen molar-refractivity contribution in [3.05, 3.63) is 61.5 Å². The van der Waals surface area contributed by atoms with Crippen molar-refractivity contribution in [2.45, 2.75) is 66.1 Å². The molecule has 1 aromatic heterocycles. The van der Waals surface area contributed by atoms with E-state index in [1.165, 1.54) is 0 Å². The minimum atomic E-state index is -0.230. The summed E-state index contributed by atoms with van der Waals surface area (Å²) < 4.78 is 0. The molecular formula is C24H33ClN4O2. The second-order valence-corrected chi connectivity index (χ2v) is 9.14. The fourth-order valence-electron chi connectivity index (χ4n) is 4.32. The molecule has 2 unspecified atom stereocenters. The molecule has 1 fully saturated rings. The summed E-state index contributed by atoms with van der Waals surface area (Å²) in [5, 5.41) is 6.86. The van der Waals surface area contributed by atoms with Crippen LogP contribution in [0.15, 0.2) is 23.0 Å². The fourth-order valence-corrected chi connectivity index (χ4v) is 4.54. The van der Waals surface area contributed by atoms with Crippen LogP contribution in [0, 0.1) is 13.8 Å². The van der Waals surface area contributed by atoms with Crippen LogP contribution < -0.4 is 21.1 Å². The number of amides is 1. The normalized spacial score (nSPS) is 18.1. The van der Waals surface area contributed by atoms with E-state index in [4.69, 9.17) is 11.6 Å². The van der Waals surface area contributed by atoms with E-state index in [0.717, 1.165) is 35.6 Å². The molecule has 0 spiro atoms. The number of aromatic nitrogens is 1. The van der Waals surface area contributed by atoms with Crippen molar-refractivity contribution in [2.75, 3.05) is 18.0 Å². The largest absolute Gasteiger partial charge is 0.366 e. The van der Waals surface area contributed by atoms with Crippen molar-refractivity contribution >= 4 is 23.2 Å². The Morgan fingerprint density at radius 2 is 2.00 bits per heavy atom. The van der Waals surface area contributed by atoms with Crippen LogP contribution >= 0.6 is 11.6 Å². The summed E-state index contributed by atoms with van der Waals surface area (Å²) in [4.78, 5) is 30.8. The van der Waals surface area contributed by atoms with Crippen molar-refractivity contribution in [1.29, 1.82) is 0 Å². The topological polar surface area (TPSA) is 77.2 Å². The molecule has 2 heterocycles. The molecule has 0 bridgehead atoms. The highest BCUT2D eigenvalue weighted by molar-refractivity contribution is 6.31. The Hall–Kier alpha value is -2.31. The van der Waals surface area contributed by atoms with E-state index in [1.54, 1.807) is 6.07 Å². The number of nitrogens with one attached hydrogen (secondary N) is 3. The molecule has 2 aromatic rings. The molecule has 1 aliphatic rings. The highest BCUT2D eigenvalue weighted by atomic mass is 35.5. The summed E-state index contributed by atoms with van der Waals surface area (Å²) >= 11 is 6.42. The number of hydrogen-bond acceptors (Lipinski definition) is 4. The number of likely N-dealkylation sites (N-methyl/N-ethyl adjacent to an activating group) is 1. The Morgan fingerprint density at radius 1 is 1.29 bits per heavy atom. The van der Waals surface area contributed by atoms with Gasteiger partial charge >= 0.3 is 0 Å². The second-order valence-electron chi connectivity index (χ2n) is 8.70. The number of aryl methyl sites for hydroxylation is 1. The number of aromatic amines is 1. The zero-order chi connectivity index (χ0) is 22.9. The van der Waals surface area contributed by atoms with Crippen molar-refractivity contribution in [1.82, 2.24) is 15.6 Å². The molecular weight excluding hydrogens is 412 g/mol. The van der Waals surface area contributed by atoms with Crippen LogP contribution in [0.5, 0.6) is 0 Å². The summed E-state index contributed by atoms with van der Waals surface area (Å²) in [5.41, 5.74) is 4.62. The molecule has 1 aromatic carbocycles. The molecule has 1 saturated heterocycles.